The predicted octanol–water partition coefficient (Wildman–Crippen LogP) is 2.94. The first-order valence-electron chi connectivity index (χ1n) is 7.44. The molecule has 2 rings (SSSR count). The molecule has 0 unspecified atom stereocenters. The van der Waals surface area contributed by atoms with Crippen LogP contribution >= 0.6 is 0 Å². The summed E-state index contributed by atoms with van der Waals surface area (Å²) in [4.78, 5) is 22.1. The van der Waals surface area contributed by atoms with Crippen molar-refractivity contribution in [3.63, 3.8) is 0 Å². The van der Waals surface area contributed by atoms with Crippen molar-refractivity contribution in [1.29, 1.82) is 0 Å². The van der Waals surface area contributed by atoms with Gasteiger partial charge in [-0.15, -0.1) is 0 Å². The second-order valence-corrected chi connectivity index (χ2v) is 5.08. The third-order valence-electron chi connectivity index (χ3n) is 3.47. The van der Waals surface area contributed by atoms with Crippen LogP contribution in [0.15, 0.2) is 48.5 Å². The van der Waals surface area contributed by atoms with Crippen LogP contribution in [0.3, 0.4) is 0 Å². The fourth-order valence-corrected chi connectivity index (χ4v) is 2.12. The van der Waals surface area contributed by atoms with Crippen molar-refractivity contribution in [2.24, 2.45) is 0 Å². The third kappa shape index (κ3) is 5.07. The first-order chi connectivity index (χ1) is 12.0. The maximum atomic E-state index is 11.9. The standard InChI is InChI=1S/C18H18N2O5/c1-24-16-8-9-17(25-2)14(11-16)5-10-18(21)19-12-13-3-6-15(7-4-13)20(22)23/h3-11H,12H2,1-2H3,(H,19,21)/b10-5+. The highest BCUT2D eigenvalue weighted by Gasteiger charge is 2.05. The second kappa shape index (κ2) is 8.49. The van der Waals surface area contributed by atoms with Crippen LogP contribution in [0.4, 0.5) is 5.69 Å². The van der Waals surface area contributed by atoms with Crippen LogP contribution in [0.5, 0.6) is 11.5 Å². The fourth-order valence-electron chi connectivity index (χ4n) is 2.12. The van der Waals surface area contributed by atoms with Crippen molar-refractivity contribution < 1.29 is 19.2 Å². The molecule has 0 aliphatic rings. The Kier molecular flexibility index (Phi) is 6.11. The molecule has 0 radical (unpaired) electrons. The monoisotopic (exact) mass is 342 g/mol. The van der Waals surface area contributed by atoms with Gasteiger partial charge in [0.15, 0.2) is 0 Å². The highest BCUT2D eigenvalue weighted by molar-refractivity contribution is 5.92. The second-order valence-electron chi connectivity index (χ2n) is 5.08. The lowest BCUT2D eigenvalue weighted by molar-refractivity contribution is -0.384. The Hall–Kier alpha value is -3.35. The van der Waals surface area contributed by atoms with Gasteiger partial charge in [-0.2, -0.15) is 0 Å². The van der Waals surface area contributed by atoms with Gasteiger partial charge in [-0.1, -0.05) is 12.1 Å². The normalized spacial score (nSPS) is 10.5. The van der Waals surface area contributed by atoms with E-state index in [4.69, 9.17) is 9.47 Å². The van der Waals surface area contributed by atoms with Gasteiger partial charge in [0.1, 0.15) is 11.5 Å². The van der Waals surface area contributed by atoms with E-state index in [0.717, 1.165) is 5.56 Å². The van der Waals surface area contributed by atoms with Crippen molar-refractivity contribution in [3.8, 4) is 11.5 Å². The van der Waals surface area contributed by atoms with E-state index in [1.165, 1.54) is 18.2 Å². The summed E-state index contributed by atoms with van der Waals surface area (Å²) >= 11 is 0. The zero-order valence-electron chi connectivity index (χ0n) is 13.9. The summed E-state index contributed by atoms with van der Waals surface area (Å²) in [6.45, 7) is 0.274. The third-order valence-corrected chi connectivity index (χ3v) is 3.47. The van der Waals surface area contributed by atoms with E-state index in [2.05, 4.69) is 5.32 Å². The number of carbonyl (C=O) groups excluding carboxylic acids is 1. The van der Waals surface area contributed by atoms with Gasteiger partial charge < -0.3 is 14.8 Å². The lowest BCUT2D eigenvalue weighted by Crippen LogP contribution is -2.20. The van der Waals surface area contributed by atoms with E-state index < -0.39 is 4.92 Å². The van der Waals surface area contributed by atoms with E-state index >= 15 is 0 Å². The number of carbonyl (C=O) groups is 1. The number of nitrogens with zero attached hydrogens (tertiary/aromatic N) is 1. The summed E-state index contributed by atoms with van der Waals surface area (Å²) in [5, 5.41) is 13.3. The Morgan fingerprint density at radius 3 is 2.48 bits per heavy atom. The molecule has 0 saturated carbocycles. The van der Waals surface area contributed by atoms with Crippen LogP contribution in [0, 0.1) is 10.1 Å². The highest BCUT2D eigenvalue weighted by atomic mass is 16.6. The van der Waals surface area contributed by atoms with Gasteiger partial charge >= 0.3 is 0 Å². The summed E-state index contributed by atoms with van der Waals surface area (Å²) in [7, 11) is 3.11. The zero-order chi connectivity index (χ0) is 18.2. The first-order valence-corrected chi connectivity index (χ1v) is 7.44. The Balaban J connectivity index is 1.97. The SMILES string of the molecule is COc1ccc(OC)c(/C=C/C(=O)NCc2ccc([N+](=O)[O-])cc2)c1. The summed E-state index contributed by atoms with van der Waals surface area (Å²) in [6, 6.07) is 11.3. The van der Waals surface area contributed by atoms with Crippen LogP contribution in [0.1, 0.15) is 11.1 Å². The number of ether oxygens (including phenoxy) is 2. The lowest BCUT2D eigenvalue weighted by atomic mass is 10.1. The number of methoxy groups -OCH3 is 2. The summed E-state index contributed by atoms with van der Waals surface area (Å²) in [6.07, 6.45) is 3.02. The minimum atomic E-state index is -0.466. The van der Waals surface area contributed by atoms with E-state index in [0.29, 0.717) is 17.1 Å². The molecule has 2 aromatic carbocycles. The van der Waals surface area contributed by atoms with Crippen LogP contribution in [-0.2, 0) is 11.3 Å². The molecule has 0 aliphatic carbocycles. The van der Waals surface area contributed by atoms with E-state index in [9.17, 15) is 14.9 Å². The number of amides is 1. The summed E-state index contributed by atoms with van der Waals surface area (Å²) in [5.74, 6) is 0.996. The molecule has 7 nitrogen and oxygen atoms in total. The number of hydrogen-bond donors (Lipinski definition) is 1. The molecule has 0 fully saturated rings. The fraction of sp³-hybridized carbons (Fsp3) is 0.167. The van der Waals surface area contributed by atoms with Crippen LogP contribution in [0.2, 0.25) is 0 Å². The maximum Gasteiger partial charge on any atom is 0.269 e. The Bertz CT molecular complexity index is 785. The van der Waals surface area contributed by atoms with Crippen molar-refractivity contribution >= 4 is 17.7 Å². The molecular formula is C18H18N2O5. The molecule has 25 heavy (non-hydrogen) atoms. The quantitative estimate of drug-likeness (QED) is 0.474. The van der Waals surface area contributed by atoms with E-state index in [1.807, 2.05) is 0 Å². The number of hydrogen-bond acceptors (Lipinski definition) is 5. The Labute approximate surface area is 145 Å². The number of nitro benzene ring substituents is 1. The Morgan fingerprint density at radius 2 is 1.88 bits per heavy atom. The maximum absolute atomic E-state index is 11.9. The van der Waals surface area contributed by atoms with E-state index in [-0.39, 0.29) is 18.1 Å². The molecule has 7 heteroatoms. The van der Waals surface area contributed by atoms with Gasteiger partial charge in [0.2, 0.25) is 5.91 Å². The molecule has 0 aromatic heterocycles. The lowest BCUT2D eigenvalue weighted by Gasteiger charge is -2.07. The molecule has 0 saturated heterocycles. The molecule has 0 atom stereocenters. The molecule has 0 bridgehead atoms. The molecule has 0 aliphatic heterocycles. The van der Waals surface area contributed by atoms with Crippen molar-refractivity contribution in [1.82, 2.24) is 5.32 Å². The number of rotatable bonds is 7. The average molecular weight is 342 g/mol. The minimum Gasteiger partial charge on any atom is -0.497 e. The van der Waals surface area contributed by atoms with E-state index in [1.54, 1.807) is 50.6 Å². The first kappa shape index (κ1) is 18.0. The van der Waals surface area contributed by atoms with Gasteiger partial charge in [-0.05, 0) is 29.8 Å². The highest BCUT2D eigenvalue weighted by Crippen LogP contribution is 2.25. The molecule has 1 amide bonds. The zero-order valence-corrected chi connectivity index (χ0v) is 13.9. The minimum absolute atomic E-state index is 0.0140. The van der Waals surface area contributed by atoms with Gasteiger partial charge in [0.05, 0.1) is 19.1 Å². The van der Waals surface area contributed by atoms with Gasteiger partial charge in [-0.3, -0.25) is 14.9 Å². The summed E-state index contributed by atoms with van der Waals surface area (Å²) < 4.78 is 10.4. The van der Waals surface area contributed by atoms with Crippen molar-refractivity contribution in [3.05, 3.63) is 69.8 Å². The summed E-state index contributed by atoms with van der Waals surface area (Å²) in [5.41, 5.74) is 1.50. The number of non-ortho nitro benzene ring substituents is 1. The molecule has 2 aromatic rings. The number of benzene rings is 2. The van der Waals surface area contributed by atoms with Crippen molar-refractivity contribution in [2.75, 3.05) is 14.2 Å². The number of nitro groups is 1. The number of nitrogens with one attached hydrogen (secondary N) is 1. The molecule has 0 spiro atoms. The largest absolute Gasteiger partial charge is 0.497 e. The predicted molar refractivity (Wildman–Crippen MR) is 93.5 cm³/mol. The van der Waals surface area contributed by atoms with Gasteiger partial charge in [-0.25, -0.2) is 0 Å². The molecule has 130 valence electrons. The topological polar surface area (TPSA) is 90.7 Å². The smallest absolute Gasteiger partial charge is 0.269 e. The molecule has 0 heterocycles. The molecular weight excluding hydrogens is 324 g/mol. The average Bonchev–Trinajstić information content (AvgIpc) is 2.64. The molecule has 1 N–H and O–H groups in total. The van der Waals surface area contributed by atoms with Crippen molar-refractivity contribution in [2.45, 2.75) is 6.54 Å². The Morgan fingerprint density at radius 1 is 1.16 bits per heavy atom. The van der Waals surface area contributed by atoms with Crippen LogP contribution in [0.25, 0.3) is 6.08 Å². The van der Waals surface area contributed by atoms with Crippen LogP contribution < -0.4 is 14.8 Å². The van der Waals surface area contributed by atoms with Gasteiger partial charge in [0.25, 0.3) is 5.69 Å². The van der Waals surface area contributed by atoms with Crippen LogP contribution in [-0.4, -0.2) is 25.1 Å². The van der Waals surface area contributed by atoms with Gasteiger partial charge in [0, 0.05) is 30.3 Å².